The lowest BCUT2D eigenvalue weighted by molar-refractivity contribution is -0.138. The van der Waals surface area contributed by atoms with Crippen LogP contribution in [0.15, 0.2) is 0 Å². The molecule has 0 aromatic rings. The van der Waals surface area contributed by atoms with Crippen molar-refractivity contribution in [2.24, 2.45) is 23.1 Å². The molecule has 0 radical (unpaired) electrons. The Balaban J connectivity index is 5.88. The van der Waals surface area contributed by atoms with Crippen molar-refractivity contribution in [1.29, 1.82) is 5.41 Å². The van der Waals surface area contributed by atoms with Crippen LogP contribution in [0.4, 0.5) is 0 Å². The topological polar surface area (TPSA) is 355 Å². The second kappa shape index (κ2) is 24.2. The minimum absolute atomic E-state index is 0.0253. The summed E-state index contributed by atoms with van der Waals surface area (Å²) >= 11 is 0. The average molecular weight is 729 g/mol. The molecule has 0 rings (SSSR count). The van der Waals surface area contributed by atoms with Gasteiger partial charge >= 0.3 is 5.97 Å². The van der Waals surface area contributed by atoms with Crippen LogP contribution in [0.25, 0.3) is 0 Å². The maximum atomic E-state index is 13.6. The summed E-state index contributed by atoms with van der Waals surface area (Å²) < 4.78 is 0. The number of hydrogen-bond donors (Lipinski definition) is 13. The van der Waals surface area contributed by atoms with Crippen LogP contribution < -0.4 is 59.7 Å². The molecule has 0 heterocycles. The van der Waals surface area contributed by atoms with Crippen LogP contribution in [-0.4, -0.2) is 121 Å². The minimum atomic E-state index is -1.27. The third-order valence-electron chi connectivity index (χ3n) is 7.22. The molecule has 7 amide bonds. The van der Waals surface area contributed by atoms with Crippen molar-refractivity contribution >= 4 is 53.3 Å². The van der Waals surface area contributed by atoms with E-state index in [2.05, 4.69) is 42.5 Å². The van der Waals surface area contributed by atoms with Gasteiger partial charge in [-0.15, -0.1) is 0 Å². The maximum absolute atomic E-state index is 13.6. The van der Waals surface area contributed by atoms with Crippen LogP contribution in [0.1, 0.15) is 66.7 Å². The Bertz CT molecular complexity index is 1230. The fraction of sp³-hybridized carbons (Fsp3) is 0.700. The molecule has 0 unspecified atom stereocenters. The normalized spacial score (nSPS) is 14.3. The Morgan fingerprint density at radius 2 is 1.14 bits per heavy atom. The first-order valence-electron chi connectivity index (χ1n) is 16.6. The van der Waals surface area contributed by atoms with Crippen LogP contribution >= 0.6 is 0 Å². The van der Waals surface area contributed by atoms with Gasteiger partial charge in [0, 0.05) is 6.54 Å². The van der Waals surface area contributed by atoms with Gasteiger partial charge in [0.25, 0.3) is 0 Å². The van der Waals surface area contributed by atoms with Crippen molar-refractivity contribution in [2.45, 2.75) is 103 Å². The summed E-state index contributed by atoms with van der Waals surface area (Å²) in [6.07, 6.45) is 1.31. The van der Waals surface area contributed by atoms with E-state index in [1.807, 2.05) is 0 Å². The molecule has 0 aliphatic carbocycles. The van der Waals surface area contributed by atoms with E-state index in [-0.39, 0.29) is 31.8 Å². The zero-order chi connectivity index (χ0) is 39.3. The Morgan fingerprint density at radius 1 is 0.627 bits per heavy atom. The second-order valence-electron chi connectivity index (χ2n) is 12.3. The van der Waals surface area contributed by atoms with E-state index in [4.69, 9.17) is 27.7 Å². The molecule has 0 spiro atoms. The van der Waals surface area contributed by atoms with Crippen molar-refractivity contribution in [2.75, 3.05) is 26.2 Å². The summed E-state index contributed by atoms with van der Waals surface area (Å²) in [5.41, 5.74) is 16.5. The Morgan fingerprint density at radius 3 is 1.65 bits per heavy atom. The van der Waals surface area contributed by atoms with Gasteiger partial charge in [-0.3, -0.25) is 43.8 Å². The number of hydrogen-bond acceptors (Lipinski definition) is 11. The first-order chi connectivity index (χ1) is 23.8. The molecule has 16 N–H and O–H groups in total. The van der Waals surface area contributed by atoms with E-state index in [9.17, 15) is 38.4 Å². The number of nitrogens with one attached hydrogen (secondary N) is 9. The van der Waals surface area contributed by atoms with Gasteiger partial charge in [0.2, 0.25) is 41.4 Å². The molecule has 51 heavy (non-hydrogen) atoms. The molecule has 0 aliphatic rings. The number of guanidine groups is 1. The Labute approximate surface area is 297 Å². The fourth-order valence-corrected chi connectivity index (χ4v) is 4.25. The number of rotatable bonds is 24. The van der Waals surface area contributed by atoms with Crippen LogP contribution in [0, 0.1) is 11.3 Å². The third kappa shape index (κ3) is 19.7. The number of unbranched alkanes of at least 4 members (excludes halogenated alkanes) is 1. The molecule has 0 aliphatic heterocycles. The molecule has 0 saturated heterocycles. The van der Waals surface area contributed by atoms with Gasteiger partial charge in [0.05, 0.1) is 12.6 Å². The summed E-state index contributed by atoms with van der Waals surface area (Å²) in [6.45, 7) is 6.81. The van der Waals surface area contributed by atoms with Gasteiger partial charge < -0.3 is 64.8 Å². The molecule has 0 aromatic heterocycles. The quantitative estimate of drug-likeness (QED) is 0.0252. The maximum Gasteiger partial charge on any atom is 0.322 e. The van der Waals surface area contributed by atoms with Gasteiger partial charge in [-0.05, 0) is 65.3 Å². The van der Waals surface area contributed by atoms with Crippen LogP contribution in [-0.2, 0) is 38.4 Å². The number of aliphatic carboxylic acids is 1. The highest BCUT2D eigenvalue weighted by molar-refractivity contribution is 5.97. The van der Waals surface area contributed by atoms with Gasteiger partial charge in [0.1, 0.15) is 36.8 Å². The van der Waals surface area contributed by atoms with E-state index < -0.39 is 103 Å². The lowest BCUT2D eigenvalue weighted by Gasteiger charge is -2.27. The van der Waals surface area contributed by atoms with Crippen molar-refractivity contribution in [3.05, 3.63) is 0 Å². The van der Waals surface area contributed by atoms with E-state index in [1.54, 1.807) is 13.8 Å². The third-order valence-corrected chi connectivity index (χ3v) is 7.22. The first-order valence-corrected chi connectivity index (χ1v) is 16.6. The zero-order valence-electron chi connectivity index (χ0n) is 29.9. The van der Waals surface area contributed by atoms with Gasteiger partial charge in [0.15, 0.2) is 5.96 Å². The SMILES string of the molecule is CC(C)[C@H](NC(=O)[C@H](CCCCN)NC(=O)[C@H](CCCNC(=N)N)NC(=O)[C@H](C)NC(=O)[C@H](C)NC(=O)[C@H](C)N)C(=O)NCC(=O)NCC(=O)O. The lowest BCUT2D eigenvalue weighted by Crippen LogP contribution is -2.59. The highest BCUT2D eigenvalue weighted by Crippen LogP contribution is 2.08. The van der Waals surface area contributed by atoms with Gasteiger partial charge in [-0.1, -0.05) is 13.8 Å². The monoisotopic (exact) mass is 728 g/mol. The number of amides is 7. The van der Waals surface area contributed by atoms with Gasteiger partial charge in [-0.25, -0.2) is 0 Å². The zero-order valence-corrected chi connectivity index (χ0v) is 29.9. The summed E-state index contributed by atoms with van der Waals surface area (Å²) in [7, 11) is 0. The Kier molecular flexibility index (Phi) is 21.8. The van der Waals surface area contributed by atoms with Crippen molar-refractivity contribution in [1.82, 2.24) is 42.5 Å². The summed E-state index contributed by atoms with van der Waals surface area (Å²) in [6, 6.07) is -6.58. The molecule has 290 valence electrons. The highest BCUT2D eigenvalue weighted by atomic mass is 16.4. The average Bonchev–Trinajstić information content (AvgIpc) is 3.05. The second-order valence-corrected chi connectivity index (χ2v) is 12.3. The predicted molar refractivity (Wildman–Crippen MR) is 185 cm³/mol. The van der Waals surface area contributed by atoms with E-state index >= 15 is 0 Å². The predicted octanol–water partition coefficient (Wildman–Crippen LogP) is -4.84. The van der Waals surface area contributed by atoms with Crippen molar-refractivity contribution in [3.8, 4) is 0 Å². The van der Waals surface area contributed by atoms with Crippen LogP contribution in [0.2, 0.25) is 0 Å². The molecule has 0 bridgehead atoms. The number of carboxylic acid groups (broad SMARTS) is 1. The molecule has 0 saturated carbocycles. The first kappa shape index (κ1) is 45.9. The standard InChI is InChI=1S/C30H56N12O9/c1-15(2)23(29(51)37-13-21(43)36-14-22(44)45)42-28(50)19(9-6-7-11-31)41-27(49)20(10-8-12-35-30(33)34)40-26(48)18(5)39-25(47)17(4)38-24(46)16(3)32/h15-20,23H,6-14,31-32H2,1-5H3,(H,36,43)(H,37,51)(H,38,46)(H,39,47)(H,40,48)(H,41,49)(H,42,50)(H,44,45)(H4,33,34,35)/t16-,17-,18-,19-,20-,23-/m0/s1. The molecule has 0 aromatic carbocycles. The smallest absolute Gasteiger partial charge is 0.322 e. The largest absolute Gasteiger partial charge is 0.480 e. The summed E-state index contributed by atoms with van der Waals surface area (Å²) in [5, 5.41) is 35.7. The summed E-state index contributed by atoms with van der Waals surface area (Å²) in [4.78, 5) is 100. The Hall–Kier alpha value is -5.05. The number of nitrogens with two attached hydrogens (primary N) is 3. The van der Waals surface area contributed by atoms with E-state index in [1.165, 1.54) is 20.8 Å². The van der Waals surface area contributed by atoms with E-state index in [0.717, 1.165) is 0 Å². The summed E-state index contributed by atoms with van der Waals surface area (Å²) in [5.74, 6) is -7.00. The highest BCUT2D eigenvalue weighted by Gasteiger charge is 2.32. The van der Waals surface area contributed by atoms with Crippen molar-refractivity contribution in [3.63, 3.8) is 0 Å². The van der Waals surface area contributed by atoms with Crippen LogP contribution in [0.5, 0.6) is 0 Å². The van der Waals surface area contributed by atoms with E-state index in [0.29, 0.717) is 19.4 Å². The molecule has 6 atom stereocenters. The molecule has 21 heteroatoms. The van der Waals surface area contributed by atoms with Crippen LogP contribution in [0.3, 0.4) is 0 Å². The molecule has 21 nitrogen and oxygen atoms in total. The minimum Gasteiger partial charge on any atom is -0.480 e. The molecular weight excluding hydrogens is 672 g/mol. The lowest BCUT2D eigenvalue weighted by atomic mass is 10.0. The molecular formula is C30H56N12O9. The molecule has 0 fully saturated rings. The number of carboxylic acids is 1. The number of carbonyl (C=O) groups is 8. The van der Waals surface area contributed by atoms with Crippen molar-refractivity contribution < 1.29 is 43.5 Å². The fourth-order valence-electron chi connectivity index (χ4n) is 4.25. The van der Waals surface area contributed by atoms with Gasteiger partial charge in [-0.2, -0.15) is 0 Å². The number of carbonyl (C=O) groups excluding carboxylic acids is 7.